The van der Waals surface area contributed by atoms with Gasteiger partial charge in [-0.05, 0) is 38.6 Å². The molecule has 0 radical (unpaired) electrons. The van der Waals surface area contributed by atoms with Crippen molar-refractivity contribution in [2.45, 2.75) is 31.8 Å². The van der Waals surface area contributed by atoms with Crippen molar-refractivity contribution in [1.29, 1.82) is 0 Å². The molecular weight excluding hydrogens is 150 g/mol. The fourth-order valence-corrected chi connectivity index (χ4v) is 2.30. The summed E-state index contributed by atoms with van der Waals surface area (Å²) in [5.74, 6) is 1.78. The Labute approximate surface area is 74.7 Å². The molecule has 0 aromatic rings. The van der Waals surface area contributed by atoms with E-state index in [-0.39, 0.29) is 0 Å². The summed E-state index contributed by atoms with van der Waals surface area (Å²) >= 11 is 0. The second-order valence-corrected chi connectivity index (χ2v) is 4.11. The predicted octanol–water partition coefficient (Wildman–Crippen LogP) is 1.41. The van der Waals surface area contributed by atoms with Crippen molar-refractivity contribution in [2.75, 3.05) is 20.2 Å². The Kier molecular flexibility index (Phi) is 2.66. The standard InChI is InChI=1S/C10H19NO/c1-11-7-9(8-4-5-8)10-3-2-6-12-10/h8-11H,2-7H2,1H3. The zero-order valence-corrected chi connectivity index (χ0v) is 7.88. The molecule has 2 aliphatic rings. The average molecular weight is 169 g/mol. The van der Waals surface area contributed by atoms with Crippen LogP contribution in [0.4, 0.5) is 0 Å². The van der Waals surface area contributed by atoms with Crippen molar-refractivity contribution in [1.82, 2.24) is 5.32 Å². The number of nitrogens with one attached hydrogen (secondary N) is 1. The smallest absolute Gasteiger partial charge is 0.0618 e. The predicted molar refractivity (Wildman–Crippen MR) is 49.1 cm³/mol. The largest absolute Gasteiger partial charge is 0.378 e. The molecule has 2 atom stereocenters. The number of ether oxygens (including phenoxy) is 1. The van der Waals surface area contributed by atoms with Crippen molar-refractivity contribution in [3.8, 4) is 0 Å². The van der Waals surface area contributed by atoms with E-state index in [1.807, 2.05) is 7.05 Å². The van der Waals surface area contributed by atoms with E-state index in [0.29, 0.717) is 6.10 Å². The molecule has 70 valence electrons. The van der Waals surface area contributed by atoms with E-state index in [1.54, 1.807) is 0 Å². The summed E-state index contributed by atoms with van der Waals surface area (Å²) in [6.07, 6.45) is 6.02. The lowest BCUT2D eigenvalue weighted by Gasteiger charge is -2.22. The summed E-state index contributed by atoms with van der Waals surface area (Å²) in [4.78, 5) is 0. The van der Waals surface area contributed by atoms with Gasteiger partial charge in [-0.2, -0.15) is 0 Å². The van der Waals surface area contributed by atoms with Gasteiger partial charge in [0.05, 0.1) is 6.10 Å². The summed E-state index contributed by atoms with van der Waals surface area (Å²) in [6.45, 7) is 2.15. The van der Waals surface area contributed by atoms with Crippen LogP contribution in [-0.4, -0.2) is 26.3 Å². The van der Waals surface area contributed by atoms with Gasteiger partial charge in [0.2, 0.25) is 0 Å². The fraction of sp³-hybridized carbons (Fsp3) is 1.00. The minimum absolute atomic E-state index is 0.574. The molecule has 0 amide bonds. The van der Waals surface area contributed by atoms with Gasteiger partial charge < -0.3 is 10.1 Å². The van der Waals surface area contributed by atoms with Crippen molar-refractivity contribution in [3.05, 3.63) is 0 Å². The zero-order valence-electron chi connectivity index (χ0n) is 7.88. The van der Waals surface area contributed by atoms with Crippen LogP contribution in [0.3, 0.4) is 0 Å². The second kappa shape index (κ2) is 3.75. The summed E-state index contributed by atoms with van der Waals surface area (Å²) in [5, 5.41) is 3.29. The lowest BCUT2D eigenvalue weighted by atomic mass is 9.95. The third-order valence-corrected chi connectivity index (χ3v) is 3.11. The van der Waals surface area contributed by atoms with E-state index in [9.17, 15) is 0 Å². The van der Waals surface area contributed by atoms with E-state index in [1.165, 1.54) is 25.7 Å². The average Bonchev–Trinajstić information content (AvgIpc) is 2.77. The molecule has 1 saturated heterocycles. The first-order valence-electron chi connectivity index (χ1n) is 5.18. The molecule has 2 heteroatoms. The van der Waals surface area contributed by atoms with Crippen molar-refractivity contribution in [2.24, 2.45) is 11.8 Å². The Morgan fingerprint density at radius 1 is 1.42 bits per heavy atom. The summed E-state index contributed by atoms with van der Waals surface area (Å²) < 4.78 is 5.73. The summed E-state index contributed by atoms with van der Waals surface area (Å²) in [7, 11) is 2.05. The van der Waals surface area contributed by atoms with Crippen LogP contribution in [0.15, 0.2) is 0 Å². The third-order valence-electron chi connectivity index (χ3n) is 3.11. The Morgan fingerprint density at radius 2 is 2.25 bits per heavy atom. The first-order chi connectivity index (χ1) is 5.92. The lowest BCUT2D eigenvalue weighted by molar-refractivity contribution is 0.0548. The van der Waals surface area contributed by atoms with Crippen LogP contribution in [0.5, 0.6) is 0 Å². The van der Waals surface area contributed by atoms with Gasteiger partial charge in [-0.25, -0.2) is 0 Å². The lowest BCUT2D eigenvalue weighted by Crippen LogP contribution is -2.30. The van der Waals surface area contributed by atoms with Gasteiger partial charge in [-0.3, -0.25) is 0 Å². The van der Waals surface area contributed by atoms with E-state index in [4.69, 9.17) is 4.74 Å². The topological polar surface area (TPSA) is 21.3 Å². The molecule has 0 aromatic carbocycles. The number of hydrogen-bond acceptors (Lipinski definition) is 2. The Morgan fingerprint density at radius 3 is 2.75 bits per heavy atom. The third kappa shape index (κ3) is 1.80. The van der Waals surface area contributed by atoms with Crippen molar-refractivity contribution in [3.63, 3.8) is 0 Å². The highest BCUT2D eigenvalue weighted by molar-refractivity contribution is 4.88. The van der Waals surface area contributed by atoms with E-state index in [0.717, 1.165) is 25.0 Å². The Balaban J connectivity index is 1.85. The maximum atomic E-state index is 5.73. The van der Waals surface area contributed by atoms with Crippen LogP contribution >= 0.6 is 0 Å². The highest BCUT2D eigenvalue weighted by Gasteiger charge is 2.37. The summed E-state index contributed by atoms with van der Waals surface area (Å²) in [5.41, 5.74) is 0. The minimum Gasteiger partial charge on any atom is -0.378 e. The number of hydrogen-bond donors (Lipinski definition) is 1. The second-order valence-electron chi connectivity index (χ2n) is 4.11. The Bertz CT molecular complexity index is 139. The van der Waals surface area contributed by atoms with Gasteiger partial charge in [0, 0.05) is 19.1 Å². The zero-order chi connectivity index (χ0) is 8.39. The molecule has 1 aliphatic heterocycles. The molecule has 1 saturated carbocycles. The highest BCUT2D eigenvalue weighted by atomic mass is 16.5. The van der Waals surface area contributed by atoms with Crippen molar-refractivity contribution >= 4 is 0 Å². The van der Waals surface area contributed by atoms with E-state index < -0.39 is 0 Å². The van der Waals surface area contributed by atoms with Gasteiger partial charge in [-0.1, -0.05) is 0 Å². The molecule has 0 bridgehead atoms. The van der Waals surface area contributed by atoms with Crippen LogP contribution in [0.1, 0.15) is 25.7 Å². The van der Waals surface area contributed by atoms with Crippen LogP contribution in [0.25, 0.3) is 0 Å². The van der Waals surface area contributed by atoms with Crippen molar-refractivity contribution < 1.29 is 4.74 Å². The number of rotatable bonds is 4. The molecular formula is C10H19NO. The molecule has 0 aromatic heterocycles. The molecule has 2 rings (SSSR count). The van der Waals surface area contributed by atoms with Crippen LogP contribution in [0, 0.1) is 11.8 Å². The van der Waals surface area contributed by atoms with E-state index >= 15 is 0 Å². The van der Waals surface area contributed by atoms with Gasteiger partial charge in [0.15, 0.2) is 0 Å². The maximum absolute atomic E-state index is 5.73. The monoisotopic (exact) mass is 169 g/mol. The van der Waals surface area contributed by atoms with Gasteiger partial charge in [0.25, 0.3) is 0 Å². The van der Waals surface area contributed by atoms with E-state index in [2.05, 4.69) is 5.32 Å². The molecule has 2 nitrogen and oxygen atoms in total. The quantitative estimate of drug-likeness (QED) is 0.687. The van der Waals surface area contributed by atoms with Crippen LogP contribution in [-0.2, 0) is 4.74 Å². The van der Waals surface area contributed by atoms with Crippen LogP contribution < -0.4 is 5.32 Å². The molecule has 12 heavy (non-hydrogen) atoms. The highest BCUT2D eigenvalue weighted by Crippen LogP contribution is 2.41. The molecule has 2 unspecified atom stereocenters. The normalized spacial score (nSPS) is 32.2. The fourth-order valence-electron chi connectivity index (χ4n) is 2.30. The van der Waals surface area contributed by atoms with Gasteiger partial charge in [-0.15, -0.1) is 0 Å². The molecule has 1 N–H and O–H groups in total. The first kappa shape index (κ1) is 8.52. The van der Waals surface area contributed by atoms with Crippen LogP contribution in [0.2, 0.25) is 0 Å². The van der Waals surface area contributed by atoms with Gasteiger partial charge in [0.1, 0.15) is 0 Å². The van der Waals surface area contributed by atoms with Gasteiger partial charge >= 0.3 is 0 Å². The summed E-state index contributed by atoms with van der Waals surface area (Å²) in [6, 6.07) is 0. The SMILES string of the molecule is CNCC(C1CC1)C1CCCO1. The molecule has 1 heterocycles. The first-order valence-corrected chi connectivity index (χ1v) is 5.18. The minimum atomic E-state index is 0.574. The maximum Gasteiger partial charge on any atom is 0.0618 e. The molecule has 0 spiro atoms. The molecule has 2 fully saturated rings. The molecule has 1 aliphatic carbocycles. The Hall–Kier alpha value is -0.0800.